The molecule has 3 heteroatoms. The van der Waals surface area contributed by atoms with E-state index in [0.717, 1.165) is 16.9 Å². The van der Waals surface area contributed by atoms with Crippen LogP contribution in [0.15, 0.2) is 12.1 Å². The van der Waals surface area contributed by atoms with E-state index in [-0.39, 0.29) is 0 Å². The van der Waals surface area contributed by atoms with Crippen LogP contribution in [0.2, 0.25) is 0 Å². The van der Waals surface area contributed by atoms with E-state index in [1.807, 2.05) is 0 Å². The summed E-state index contributed by atoms with van der Waals surface area (Å²) in [6, 6.07) is 4.34. The molecule has 74 valence electrons. The van der Waals surface area contributed by atoms with Crippen molar-refractivity contribution in [3.8, 4) is 0 Å². The number of nitrogens with zero attached hydrogens (tertiary/aromatic N) is 1. The molecule has 0 amide bonds. The number of benzene rings is 1. The minimum Gasteiger partial charge on any atom is -0.330 e. The maximum Gasteiger partial charge on any atom is 0.0951 e. The predicted molar refractivity (Wildman–Crippen MR) is 61.9 cm³/mol. The second kappa shape index (κ2) is 3.67. The van der Waals surface area contributed by atoms with Gasteiger partial charge in [0.1, 0.15) is 0 Å². The van der Waals surface area contributed by atoms with Gasteiger partial charge in [-0.2, -0.15) is 0 Å². The van der Waals surface area contributed by atoms with Gasteiger partial charge in [-0.1, -0.05) is 6.07 Å². The fraction of sp³-hybridized carbons (Fsp3) is 0.364. The Kier molecular flexibility index (Phi) is 2.52. The SMILES string of the molecule is Cc1cc(C)c2sc(CCN)nc2c1. The quantitative estimate of drug-likeness (QED) is 0.819. The van der Waals surface area contributed by atoms with Gasteiger partial charge in [-0.25, -0.2) is 4.98 Å². The van der Waals surface area contributed by atoms with Crippen molar-refractivity contribution in [2.24, 2.45) is 5.73 Å². The Morgan fingerprint density at radius 1 is 1.36 bits per heavy atom. The van der Waals surface area contributed by atoms with Crippen LogP contribution in [0, 0.1) is 13.8 Å². The molecule has 1 aromatic carbocycles. The number of thiazole rings is 1. The summed E-state index contributed by atoms with van der Waals surface area (Å²) >= 11 is 1.77. The van der Waals surface area contributed by atoms with Gasteiger partial charge in [0.05, 0.1) is 15.2 Å². The van der Waals surface area contributed by atoms with Crippen LogP contribution in [0.1, 0.15) is 16.1 Å². The normalized spacial score (nSPS) is 11.1. The van der Waals surface area contributed by atoms with Gasteiger partial charge in [-0.15, -0.1) is 11.3 Å². The molecule has 14 heavy (non-hydrogen) atoms. The van der Waals surface area contributed by atoms with Gasteiger partial charge >= 0.3 is 0 Å². The van der Waals surface area contributed by atoms with Crippen molar-refractivity contribution in [2.75, 3.05) is 6.54 Å². The van der Waals surface area contributed by atoms with E-state index in [0.29, 0.717) is 6.54 Å². The van der Waals surface area contributed by atoms with Crippen molar-refractivity contribution in [3.63, 3.8) is 0 Å². The second-order valence-corrected chi connectivity index (χ2v) is 4.66. The predicted octanol–water partition coefficient (Wildman–Crippen LogP) is 2.41. The summed E-state index contributed by atoms with van der Waals surface area (Å²) in [6.45, 7) is 4.92. The van der Waals surface area contributed by atoms with Crippen molar-refractivity contribution in [2.45, 2.75) is 20.3 Å². The average Bonchev–Trinajstić information content (AvgIpc) is 2.48. The monoisotopic (exact) mass is 206 g/mol. The highest BCUT2D eigenvalue weighted by molar-refractivity contribution is 7.18. The van der Waals surface area contributed by atoms with Crippen molar-refractivity contribution in [1.29, 1.82) is 0 Å². The van der Waals surface area contributed by atoms with Crippen LogP contribution >= 0.6 is 11.3 Å². The van der Waals surface area contributed by atoms with Crippen LogP contribution in [0.3, 0.4) is 0 Å². The number of aryl methyl sites for hydroxylation is 2. The third-order valence-corrected chi connectivity index (χ3v) is 3.49. The highest BCUT2D eigenvalue weighted by Gasteiger charge is 2.05. The van der Waals surface area contributed by atoms with Gasteiger partial charge in [0.15, 0.2) is 0 Å². The maximum absolute atomic E-state index is 5.52. The summed E-state index contributed by atoms with van der Waals surface area (Å²) in [5, 5.41) is 1.15. The molecule has 2 nitrogen and oxygen atoms in total. The van der Waals surface area contributed by atoms with Crippen LogP contribution in [0.25, 0.3) is 10.2 Å². The van der Waals surface area contributed by atoms with Gasteiger partial charge in [-0.3, -0.25) is 0 Å². The zero-order valence-electron chi connectivity index (χ0n) is 8.50. The molecule has 0 aliphatic carbocycles. The lowest BCUT2D eigenvalue weighted by Gasteiger charge is -1.95. The molecular formula is C11H14N2S. The number of aromatic nitrogens is 1. The van der Waals surface area contributed by atoms with E-state index >= 15 is 0 Å². The van der Waals surface area contributed by atoms with E-state index in [9.17, 15) is 0 Å². The standard InChI is InChI=1S/C11H14N2S/c1-7-5-8(2)11-9(6-7)13-10(14-11)3-4-12/h5-6H,3-4,12H2,1-2H3. The van der Waals surface area contributed by atoms with Crippen molar-refractivity contribution in [3.05, 3.63) is 28.3 Å². The molecule has 1 aromatic heterocycles. The number of fused-ring (bicyclic) bond motifs is 1. The lowest BCUT2D eigenvalue weighted by Crippen LogP contribution is -2.01. The van der Waals surface area contributed by atoms with E-state index in [1.54, 1.807) is 11.3 Å². The van der Waals surface area contributed by atoms with E-state index in [2.05, 4.69) is 31.0 Å². The molecule has 0 aliphatic rings. The highest BCUT2D eigenvalue weighted by Crippen LogP contribution is 2.26. The Hall–Kier alpha value is -0.930. The summed E-state index contributed by atoms with van der Waals surface area (Å²) in [4.78, 5) is 4.56. The van der Waals surface area contributed by atoms with Crippen LogP contribution in [-0.2, 0) is 6.42 Å². The molecule has 0 unspecified atom stereocenters. The molecule has 0 spiro atoms. The first-order chi connectivity index (χ1) is 6.70. The van der Waals surface area contributed by atoms with E-state index in [1.165, 1.54) is 15.8 Å². The molecule has 0 radical (unpaired) electrons. The lowest BCUT2D eigenvalue weighted by molar-refractivity contribution is 0.958. The Morgan fingerprint density at radius 3 is 2.86 bits per heavy atom. The topological polar surface area (TPSA) is 38.9 Å². The third kappa shape index (κ3) is 1.65. The summed E-state index contributed by atoms with van der Waals surface area (Å²) in [6.07, 6.45) is 0.887. The van der Waals surface area contributed by atoms with Crippen LogP contribution in [0.4, 0.5) is 0 Å². The van der Waals surface area contributed by atoms with Crippen LogP contribution < -0.4 is 5.73 Å². The Bertz CT molecular complexity index is 460. The first-order valence-electron chi connectivity index (χ1n) is 4.77. The van der Waals surface area contributed by atoms with Crippen molar-refractivity contribution >= 4 is 21.6 Å². The van der Waals surface area contributed by atoms with Crippen LogP contribution in [0.5, 0.6) is 0 Å². The number of rotatable bonds is 2. The summed E-state index contributed by atoms with van der Waals surface area (Å²) in [5.41, 5.74) is 9.24. The minimum absolute atomic E-state index is 0.678. The molecule has 0 saturated heterocycles. The molecule has 2 rings (SSSR count). The fourth-order valence-corrected chi connectivity index (χ4v) is 2.68. The zero-order chi connectivity index (χ0) is 10.1. The Morgan fingerprint density at radius 2 is 2.14 bits per heavy atom. The smallest absolute Gasteiger partial charge is 0.0951 e. The maximum atomic E-state index is 5.52. The highest BCUT2D eigenvalue weighted by atomic mass is 32.1. The molecule has 0 bridgehead atoms. The average molecular weight is 206 g/mol. The summed E-state index contributed by atoms with van der Waals surface area (Å²) in [5.74, 6) is 0. The van der Waals surface area contributed by atoms with Gasteiger partial charge in [-0.05, 0) is 37.6 Å². The van der Waals surface area contributed by atoms with E-state index < -0.39 is 0 Å². The molecule has 2 aromatic rings. The Labute approximate surface area is 87.8 Å². The molecule has 2 N–H and O–H groups in total. The van der Waals surface area contributed by atoms with Gasteiger partial charge < -0.3 is 5.73 Å². The largest absolute Gasteiger partial charge is 0.330 e. The molecule has 0 aliphatic heterocycles. The van der Waals surface area contributed by atoms with Crippen molar-refractivity contribution in [1.82, 2.24) is 4.98 Å². The number of hydrogen-bond acceptors (Lipinski definition) is 3. The van der Waals surface area contributed by atoms with Crippen LogP contribution in [-0.4, -0.2) is 11.5 Å². The minimum atomic E-state index is 0.678. The number of hydrogen-bond donors (Lipinski definition) is 1. The third-order valence-electron chi connectivity index (χ3n) is 2.22. The molecular weight excluding hydrogens is 192 g/mol. The lowest BCUT2D eigenvalue weighted by atomic mass is 10.1. The Balaban J connectivity index is 2.58. The van der Waals surface area contributed by atoms with Gasteiger partial charge in [0.25, 0.3) is 0 Å². The molecule has 0 atom stereocenters. The first kappa shape index (κ1) is 9.62. The molecule has 0 fully saturated rings. The summed E-state index contributed by atoms with van der Waals surface area (Å²) < 4.78 is 1.30. The number of nitrogens with two attached hydrogens (primary N) is 1. The van der Waals surface area contributed by atoms with E-state index in [4.69, 9.17) is 5.73 Å². The van der Waals surface area contributed by atoms with Crippen molar-refractivity contribution < 1.29 is 0 Å². The zero-order valence-corrected chi connectivity index (χ0v) is 9.32. The van der Waals surface area contributed by atoms with Gasteiger partial charge in [0.2, 0.25) is 0 Å². The second-order valence-electron chi connectivity index (χ2n) is 3.58. The fourth-order valence-electron chi connectivity index (χ4n) is 1.65. The summed E-state index contributed by atoms with van der Waals surface area (Å²) in [7, 11) is 0. The molecule has 0 saturated carbocycles. The molecule has 1 heterocycles. The van der Waals surface area contributed by atoms with Gasteiger partial charge in [0, 0.05) is 6.42 Å². The first-order valence-corrected chi connectivity index (χ1v) is 5.59.